The summed E-state index contributed by atoms with van der Waals surface area (Å²) in [5.74, 6) is -0.530. The van der Waals surface area contributed by atoms with E-state index >= 15 is 0 Å². The molecule has 0 aliphatic heterocycles. The van der Waals surface area contributed by atoms with Crippen LogP contribution in [0, 0.1) is 5.92 Å². The topological polar surface area (TPSA) is 75.6 Å². The van der Waals surface area contributed by atoms with E-state index in [0.717, 1.165) is 25.7 Å². The maximum atomic E-state index is 12.5. The third-order valence-corrected chi connectivity index (χ3v) is 6.28. The zero-order chi connectivity index (χ0) is 20.2. The molecule has 1 fully saturated rings. The highest BCUT2D eigenvalue weighted by Gasteiger charge is 2.30. The highest BCUT2D eigenvalue weighted by atomic mass is 16.5. The number of ether oxygens (including phenoxy) is 1. The second-order valence-corrected chi connectivity index (χ2v) is 8.05. The van der Waals surface area contributed by atoms with Crippen LogP contribution in [-0.4, -0.2) is 29.8 Å². The van der Waals surface area contributed by atoms with Gasteiger partial charge in [0.2, 0.25) is 0 Å². The minimum absolute atomic E-state index is 0.00116. The van der Waals surface area contributed by atoms with Gasteiger partial charge in [-0.1, -0.05) is 61.4 Å². The van der Waals surface area contributed by atoms with E-state index in [1.54, 1.807) is 0 Å². The number of amides is 1. The number of nitrogens with one attached hydrogen (secondary N) is 1. The van der Waals surface area contributed by atoms with Crippen molar-refractivity contribution >= 4 is 12.1 Å². The predicted molar refractivity (Wildman–Crippen MR) is 111 cm³/mol. The van der Waals surface area contributed by atoms with Gasteiger partial charge in [-0.25, -0.2) is 4.79 Å². The Bertz CT molecular complexity index is 848. The molecule has 29 heavy (non-hydrogen) atoms. The summed E-state index contributed by atoms with van der Waals surface area (Å²) in [6, 6.07) is 16.5. The first-order chi connectivity index (χ1) is 14.1. The molecule has 1 unspecified atom stereocenters. The Labute approximate surface area is 171 Å². The van der Waals surface area contributed by atoms with Gasteiger partial charge in [-0.15, -0.1) is 0 Å². The molecule has 2 aromatic rings. The Kier molecular flexibility index (Phi) is 5.84. The Balaban J connectivity index is 1.39. The fourth-order valence-electron chi connectivity index (χ4n) is 4.84. The van der Waals surface area contributed by atoms with Crippen molar-refractivity contribution in [2.45, 2.75) is 50.5 Å². The van der Waals surface area contributed by atoms with Crippen molar-refractivity contribution in [1.82, 2.24) is 5.32 Å². The summed E-state index contributed by atoms with van der Waals surface area (Å²) in [5.41, 5.74) is 4.80. The summed E-state index contributed by atoms with van der Waals surface area (Å²) >= 11 is 0. The fraction of sp³-hybridized carbons (Fsp3) is 0.417. The smallest absolute Gasteiger partial charge is 0.407 e. The molecule has 2 N–H and O–H groups in total. The number of aliphatic carboxylic acids is 1. The van der Waals surface area contributed by atoms with Gasteiger partial charge >= 0.3 is 12.1 Å². The molecule has 2 atom stereocenters. The van der Waals surface area contributed by atoms with Crippen LogP contribution in [0.5, 0.6) is 0 Å². The van der Waals surface area contributed by atoms with Crippen molar-refractivity contribution < 1.29 is 19.4 Å². The summed E-state index contributed by atoms with van der Waals surface area (Å²) < 4.78 is 5.65. The number of rotatable bonds is 6. The highest BCUT2D eigenvalue weighted by molar-refractivity contribution is 5.79. The lowest BCUT2D eigenvalue weighted by molar-refractivity contribution is -0.137. The van der Waals surface area contributed by atoms with Crippen molar-refractivity contribution in [2.24, 2.45) is 5.92 Å². The quantitative estimate of drug-likeness (QED) is 0.728. The molecular weight excluding hydrogens is 366 g/mol. The lowest BCUT2D eigenvalue weighted by Crippen LogP contribution is -2.42. The van der Waals surface area contributed by atoms with Crippen LogP contribution in [0.25, 0.3) is 11.1 Å². The zero-order valence-corrected chi connectivity index (χ0v) is 16.5. The number of carbonyl (C=O) groups is 2. The number of hydrogen-bond acceptors (Lipinski definition) is 3. The van der Waals surface area contributed by atoms with E-state index in [4.69, 9.17) is 9.84 Å². The second kappa shape index (κ2) is 8.68. The van der Waals surface area contributed by atoms with Gasteiger partial charge in [0.1, 0.15) is 6.61 Å². The lowest BCUT2D eigenvalue weighted by atomic mass is 9.82. The van der Waals surface area contributed by atoms with Crippen LogP contribution in [0.3, 0.4) is 0 Å². The van der Waals surface area contributed by atoms with Gasteiger partial charge in [0.05, 0.1) is 0 Å². The number of benzene rings is 2. The molecule has 0 bridgehead atoms. The Morgan fingerprint density at radius 2 is 1.59 bits per heavy atom. The molecule has 1 saturated carbocycles. The van der Waals surface area contributed by atoms with Crippen molar-refractivity contribution in [2.75, 3.05) is 6.61 Å². The minimum Gasteiger partial charge on any atom is -0.481 e. The maximum Gasteiger partial charge on any atom is 0.407 e. The van der Waals surface area contributed by atoms with Gasteiger partial charge in [0.25, 0.3) is 0 Å². The van der Waals surface area contributed by atoms with Crippen LogP contribution >= 0.6 is 0 Å². The highest BCUT2D eigenvalue weighted by Crippen LogP contribution is 2.44. The first-order valence-electron chi connectivity index (χ1n) is 10.5. The summed E-state index contributed by atoms with van der Waals surface area (Å²) in [6.45, 7) is 0.298. The van der Waals surface area contributed by atoms with Gasteiger partial charge in [0, 0.05) is 18.4 Å². The number of carboxylic acids is 1. The van der Waals surface area contributed by atoms with Crippen molar-refractivity contribution in [3.05, 3.63) is 59.7 Å². The molecule has 4 rings (SSSR count). The molecule has 1 amide bonds. The molecule has 0 radical (unpaired) electrons. The molecule has 0 spiro atoms. The molecule has 0 aromatic heterocycles. The largest absolute Gasteiger partial charge is 0.481 e. The monoisotopic (exact) mass is 393 g/mol. The molecule has 2 aromatic carbocycles. The fourth-order valence-corrected chi connectivity index (χ4v) is 4.84. The molecule has 152 valence electrons. The van der Waals surface area contributed by atoms with Crippen molar-refractivity contribution in [1.29, 1.82) is 0 Å². The van der Waals surface area contributed by atoms with Crippen LogP contribution in [0.15, 0.2) is 48.5 Å². The van der Waals surface area contributed by atoms with Crippen LogP contribution in [0.2, 0.25) is 0 Å². The SMILES string of the molecule is O=C(O)CCC1CCCC[C@@H]1NC(=O)OCC1c2ccccc2-c2ccccc21. The van der Waals surface area contributed by atoms with E-state index in [1.165, 1.54) is 22.3 Å². The van der Waals surface area contributed by atoms with Gasteiger partial charge in [0.15, 0.2) is 0 Å². The van der Waals surface area contributed by atoms with Gasteiger partial charge in [-0.2, -0.15) is 0 Å². The van der Waals surface area contributed by atoms with Crippen LogP contribution < -0.4 is 5.32 Å². The summed E-state index contributed by atoms with van der Waals surface area (Å²) in [5, 5.41) is 12.0. The van der Waals surface area contributed by atoms with E-state index in [1.807, 2.05) is 24.3 Å². The van der Waals surface area contributed by atoms with Crippen LogP contribution in [0.1, 0.15) is 55.6 Å². The van der Waals surface area contributed by atoms with Gasteiger partial charge < -0.3 is 15.2 Å². The summed E-state index contributed by atoms with van der Waals surface area (Å²) in [4.78, 5) is 23.4. The molecule has 5 nitrogen and oxygen atoms in total. The molecule has 0 heterocycles. The summed E-state index contributed by atoms with van der Waals surface area (Å²) in [6.07, 6.45) is 4.33. The first-order valence-corrected chi connectivity index (χ1v) is 10.5. The number of alkyl carbamates (subject to hydrolysis) is 1. The van der Waals surface area contributed by atoms with Crippen molar-refractivity contribution in [3.8, 4) is 11.1 Å². The molecular formula is C24H27NO4. The van der Waals surface area contributed by atoms with Crippen LogP contribution in [-0.2, 0) is 9.53 Å². The van der Waals surface area contributed by atoms with E-state index < -0.39 is 12.1 Å². The molecule has 2 aliphatic rings. The Hall–Kier alpha value is -2.82. The van der Waals surface area contributed by atoms with E-state index in [-0.39, 0.29) is 24.3 Å². The number of fused-ring (bicyclic) bond motifs is 3. The van der Waals surface area contributed by atoms with Gasteiger partial charge in [-0.05, 0) is 47.4 Å². The molecule has 2 aliphatic carbocycles. The Morgan fingerprint density at radius 3 is 2.24 bits per heavy atom. The third kappa shape index (κ3) is 4.29. The van der Waals surface area contributed by atoms with Crippen molar-refractivity contribution in [3.63, 3.8) is 0 Å². The maximum absolute atomic E-state index is 12.5. The average Bonchev–Trinajstić information content (AvgIpc) is 3.05. The first kappa shape index (κ1) is 19.5. The predicted octanol–water partition coefficient (Wildman–Crippen LogP) is 4.95. The van der Waals surface area contributed by atoms with Crippen LogP contribution in [0.4, 0.5) is 4.79 Å². The number of hydrogen-bond donors (Lipinski definition) is 2. The number of carboxylic acid groups (broad SMARTS) is 1. The molecule has 5 heteroatoms. The van der Waals surface area contributed by atoms with E-state index in [9.17, 15) is 9.59 Å². The average molecular weight is 393 g/mol. The molecule has 0 saturated heterocycles. The lowest BCUT2D eigenvalue weighted by Gasteiger charge is -2.31. The van der Waals surface area contributed by atoms with Gasteiger partial charge in [-0.3, -0.25) is 4.79 Å². The Morgan fingerprint density at radius 1 is 0.966 bits per heavy atom. The van der Waals surface area contributed by atoms with E-state index in [0.29, 0.717) is 13.0 Å². The standard InChI is InChI=1S/C24H27NO4/c26-23(27)14-13-16-7-1-6-12-22(16)25-24(28)29-15-21-19-10-4-2-8-17(19)18-9-3-5-11-20(18)21/h2-5,8-11,16,21-22H,1,6-7,12-15H2,(H,25,28)(H,26,27)/t16?,22-/m0/s1. The normalized spacial score (nSPS) is 20.6. The summed E-state index contributed by atoms with van der Waals surface area (Å²) in [7, 11) is 0. The second-order valence-electron chi connectivity index (χ2n) is 8.05. The third-order valence-electron chi connectivity index (χ3n) is 6.28. The minimum atomic E-state index is -0.782. The van der Waals surface area contributed by atoms with E-state index in [2.05, 4.69) is 29.6 Å². The zero-order valence-electron chi connectivity index (χ0n) is 16.5. The number of carbonyl (C=O) groups excluding carboxylic acids is 1.